The van der Waals surface area contributed by atoms with E-state index in [1.54, 1.807) is 0 Å². The molecule has 0 bridgehead atoms. The highest BCUT2D eigenvalue weighted by Crippen LogP contribution is 2.38. The Bertz CT molecular complexity index is 1020. The molecule has 1 aromatic carbocycles. The van der Waals surface area contributed by atoms with Gasteiger partial charge in [-0.25, -0.2) is 0 Å². The summed E-state index contributed by atoms with van der Waals surface area (Å²) < 4.78 is 0. The minimum atomic E-state index is 0.495. The minimum absolute atomic E-state index is 0.495. The van der Waals surface area contributed by atoms with Crippen LogP contribution in [0, 0.1) is 11.8 Å². The maximum absolute atomic E-state index is 5.72. The van der Waals surface area contributed by atoms with E-state index in [2.05, 4.69) is 86.9 Å². The summed E-state index contributed by atoms with van der Waals surface area (Å²) in [4.78, 5) is 0. The largest absolute Gasteiger partial charge is 0.326 e. The van der Waals surface area contributed by atoms with Crippen molar-refractivity contribution in [3.8, 4) is 0 Å². The van der Waals surface area contributed by atoms with Crippen molar-refractivity contribution >= 4 is 0 Å². The number of hydrogen-bond donors (Lipinski definition) is 1. The van der Waals surface area contributed by atoms with Gasteiger partial charge in [0, 0.05) is 6.54 Å². The summed E-state index contributed by atoms with van der Waals surface area (Å²) in [5, 5.41) is 0. The van der Waals surface area contributed by atoms with Crippen LogP contribution in [0.4, 0.5) is 0 Å². The van der Waals surface area contributed by atoms with Crippen LogP contribution in [0.2, 0.25) is 0 Å². The van der Waals surface area contributed by atoms with Crippen molar-refractivity contribution in [1.82, 2.24) is 0 Å². The molecule has 34 heavy (non-hydrogen) atoms. The van der Waals surface area contributed by atoms with Gasteiger partial charge in [-0.3, -0.25) is 0 Å². The molecule has 0 saturated heterocycles. The number of allylic oxidation sites excluding steroid dienone is 14. The molecule has 0 radical (unpaired) electrons. The predicted octanol–water partition coefficient (Wildman–Crippen LogP) is 8.67. The van der Waals surface area contributed by atoms with Gasteiger partial charge in [-0.2, -0.15) is 0 Å². The molecule has 0 amide bonds. The van der Waals surface area contributed by atoms with E-state index >= 15 is 0 Å². The molecule has 3 atom stereocenters. The minimum Gasteiger partial charge on any atom is -0.326 e. The summed E-state index contributed by atoms with van der Waals surface area (Å²) >= 11 is 0. The molecular formula is C33H41N. The molecule has 0 aromatic heterocycles. The summed E-state index contributed by atoms with van der Waals surface area (Å²) in [6.45, 7) is 13.2. The quantitative estimate of drug-likeness (QED) is 0.335. The molecule has 0 fully saturated rings. The first-order valence-electron chi connectivity index (χ1n) is 12.7. The number of benzene rings is 1. The first-order chi connectivity index (χ1) is 16.5. The molecule has 2 aliphatic carbocycles. The molecule has 0 spiro atoms. The van der Waals surface area contributed by atoms with Gasteiger partial charge in [-0.05, 0) is 84.6 Å². The van der Waals surface area contributed by atoms with E-state index in [-0.39, 0.29) is 0 Å². The third-order valence-electron chi connectivity index (χ3n) is 7.12. The lowest BCUT2D eigenvalue weighted by molar-refractivity contribution is 0.433. The molecule has 178 valence electrons. The van der Waals surface area contributed by atoms with Gasteiger partial charge in [0.2, 0.25) is 0 Å². The molecular weight excluding hydrogens is 410 g/mol. The summed E-state index contributed by atoms with van der Waals surface area (Å²) in [7, 11) is 0. The van der Waals surface area contributed by atoms with Gasteiger partial charge >= 0.3 is 0 Å². The van der Waals surface area contributed by atoms with Crippen LogP contribution >= 0.6 is 0 Å². The molecule has 3 rings (SSSR count). The van der Waals surface area contributed by atoms with Gasteiger partial charge in [0.05, 0.1) is 0 Å². The second-order valence-electron chi connectivity index (χ2n) is 9.61. The SMILES string of the molecule is C=C/C(=C\CC(C)c1ccc(CN)cc1)CCC1C=CC2=CC(C(=C)/C=C\C=C/C)=CCC2C1. The Morgan fingerprint density at radius 3 is 2.71 bits per heavy atom. The Morgan fingerprint density at radius 1 is 1.21 bits per heavy atom. The topological polar surface area (TPSA) is 26.0 Å². The lowest BCUT2D eigenvalue weighted by Crippen LogP contribution is -2.16. The Labute approximate surface area is 207 Å². The fourth-order valence-electron chi connectivity index (χ4n) is 4.77. The lowest BCUT2D eigenvalue weighted by atomic mass is 9.75. The Hall–Kier alpha value is -2.90. The highest BCUT2D eigenvalue weighted by molar-refractivity contribution is 5.51. The lowest BCUT2D eigenvalue weighted by Gasteiger charge is -2.29. The first-order valence-corrected chi connectivity index (χ1v) is 12.7. The van der Waals surface area contributed by atoms with Gasteiger partial charge in [0.15, 0.2) is 0 Å². The van der Waals surface area contributed by atoms with Crippen molar-refractivity contribution in [2.45, 2.75) is 58.4 Å². The summed E-state index contributed by atoms with van der Waals surface area (Å²) in [5.74, 6) is 1.77. The van der Waals surface area contributed by atoms with Crippen LogP contribution in [0.3, 0.4) is 0 Å². The van der Waals surface area contributed by atoms with Crippen molar-refractivity contribution < 1.29 is 0 Å². The maximum atomic E-state index is 5.72. The monoisotopic (exact) mass is 451 g/mol. The Balaban J connectivity index is 1.52. The van der Waals surface area contributed by atoms with Gasteiger partial charge < -0.3 is 5.73 Å². The fourth-order valence-corrected chi connectivity index (χ4v) is 4.77. The Morgan fingerprint density at radius 2 is 2.00 bits per heavy atom. The third kappa shape index (κ3) is 7.30. The molecule has 2 N–H and O–H groups in total. The van der Waals surface area contributed by atoms with Gasteiger partial charge in [-0.15, -0.1) is 0 Å². The zero-order valence-electron chi connectivity index (χ0n) is 21.0. The van der Waals surface area contributed by atoms with E-state index in [0.717, 1.165) is 24.8 Å². The average Bonchev–Trinajstić information content (AvgIpc) is 2.88. The van der Waals surface area contributed by atoms with Crippen LogP contribution in [0.1, 0.15) is 63.0 Å². The standard InChI is InChI=1S/C33H41N/c1-5-7-8-9-25(3)31-20-21-32-22-28(14-19-33(32)23-31)13-12-27(6-2)11-10-26(4)30-17-15-29(24-34)16-18-30/h5-9,11,14-20,23,26,28,32H,2-3,10,12-13,21-22,24,34H2,1,4H3/b7-5-,9-8-,27-11+. The van der Waals surface area contributed by atoms with Crippen molar-refractivity contribution in [2.24, 2.45) is 17.6 Å². The molecule has 0 heterocycles. The van der Waals surface area contributed by atoms with Gasteiger partial charge in [-0.1, -0.05) is 111 Å². The van der Waals surface area contributed by atoms with Crippen molar-refractivity contribution in [3.63, 3.8) is 0 Å². The molecule has 0 saturated carbocycles. The average molecular weight is 452 g/mol. The third-order valence-corrected chi connectivity index (χ3v) is 7.12. The van der Waals surface area contributed by atoms with Gasteiger partial charge in [0.25, 0.3) is 0 Å². The van der Waals surface area contributed by atoms with E-state index in [1.165, 1.54) is 40.7 Å². The van der Waals surface area contributed by atoms with E-state index in [0.29, 0.717) is 24.3 Å². The van der Waals surface area contributed by atoms with Crippen molar-refractivity contribution in [1.29, 1.82) is 0 Å². The highest BCUT2D eigenvalue weighted by atomic mass is 14.5. The number of rotatable bonds is 11. The zero-order valence-corrected chi connectivity index (χ0v) is 21.0. The summed E-state index contributed by atoms with van der Waals surface area (Å²) in [6, 6.07) is 8.71. The maximum Gasteiger partial charge on any atom is 0.0178 e. The van der Waals surface area contributed by atoms with E-state index < -0.39 is 0 Å². The second-order valence-corrected chi connectivity index (χ2v) is 9.61. The summed E-state index contributed by atoms with van der Waals surface area (Å²) in [5.41, 5.74) is 13.5. The predicted molar refractivity (Wildman–Crippen MR) is 149 cm³/mol. The number of fused-ring (bicyclic) bond motifs is 1. The smallest absolute Gasteiger partial charge is 0.0178 e. The Kier molecular flexibility index (Phi) is 9.91. The van der Waals surface area contributed by atoms with Crippen molar-refractivity contribution in [3.05, 3.63) is 132 Å². The molecule has 3 unspecified atom stereocenters. The molecule has 1 heteroatoms. The van der Waals surface area contributed by atoms with Crippen LogP contribution in [0.15, 0.2) is 120 Å². The van der Waals surface area contributed by atoms with Crippen LogP contribution < -0.4 is 5.73 Å². The molecule has 1 nitrogen and oxygen atoms in total. The van der Waals surface area contributed by atoms with Crippen LogP contribution in [0.5, 0.6) is 0 Å². The van der Waals surface area contributed by atoms with Crippen LogP contribution in [0.25, 0.3) is 0 Å². The second kappa shape index (κ2) is 13.1. The fraction of sp³-hybridized carbons (Fsp3) is 0.333. The van der Waals surface area contributed by atoms with Crippen molar-refractivity contribution in [2.75, 3.05) is 0 Å². The highest BCUT2D eigenvalue weighted by Gasteiger charge is 2.23. The molecule has 1 aromatic rings. The van der Waals surface area contributed by atoms with Crippen LogP contribution in [-0.2, 0) is 6.54 Å². The number of nitrogens with two attached hydrogens (primary N) is 1. The summed E-state index contributed by atoms with van der Waals surface area (Å²) in [6.07, 6.45) is 27.8. The number of hydrogen-bond acceptors (Lipinski definition) is 1. The normalized spacial score (nSPS) is 21.3. The molecule has 2 aliphatic rings. The van der Waals surface area contributed by atoms with E-state index in [4.69, 9.17) is 5.73 Å². The van der Waals surface area contributed by atoms with Gasteiger partial charge in [0.1, 0.15) is 0 Å². The van der Waals surface area contributed by atoms with E-state index in [1.807, 2.05) is 25.2 Å². The first kappa shape index (κ1) is 25.7. The molecule has 0 aliphatic heterocycles. The zero-order chi connectivity index (χ0) is 24.3. The van der Waals surface area contributed by atoms with E-state index in [9.17, 15) is 0 Å². The van der Waals surface area contributed by atoms with Crippen LogP contribution in [-0.4, -0.2) is 0 Å².